The molecule has 392 valence electrons. The van der Waals surface area contributed by atoms with Crippen molar-refractivity contribution in [1.29, 1.82) is 0 Å². The van der Waals surface area contributed by atoms with E-state index >= 15 is 0 Å². The standard InChI is InChI=1S/C48H86O19/c1-6-10-14-18-32(51)22-38(66-48-47(61)46(60)45(59)40(30-49)67-48)28-43(57)64-36(20-16-12-8-3)24-34(53)26-42(56)65-37(21-17-13-9-4)27-39(62-31(5)50)29-44(58)63-35(19-15-11-7-2)23-33(52)25-41(54)55/h32-40,45-49,51-53,59-61H,6-30H2,1-5H3,(H,54,55)/t32-,33-,34+,35-,36-,37-,38-,39-,40-,45-,46+,47+,48-/m1/s1. The predicted molar refractivity (Wildman–Crippen MR) is 243 cm³/mol. The zero-order chi connectivity index (χ0) is 50.3. The number of carbonyl (C=O) groups is 5. The van der Waals surface area contributed by atoms with Gasteiger partial charge in [-0.2, -0.15) is 0 Å². The normalized spacial score (nSPS) is 22.1. The zero-order valence-electron chi connectivity index (χ0n) is 40.8. The Labute approximate surface area is 397 Å². The minimum atomic E-state index is -1.74. The summed E-state index contributed by atoms with van der Waals surface area (Å²) in [4.78, 5) is 63.5. The molecule has 1 saturated heterocycles. The third kappa shape index (κ3) is 28.3. The first-order chi connectivity index (χ1) is 31.8. The second-order valence-electron chi connectivity index (χ2n) is 18.1. The van der Waals surface area contributed by atoms with E-state index in [0.29, 0.717) is 51.4 Å². The molecule has 19 heteroatoms. The van der Waals surface area contributed by atoms with Crippen molar-refractivity contribution in [3.63, 3.8) is 0 Å². The lowest BCUT2D eigenvalue weighted by Gasteiger charge is -2.41. The molecular formula is C48H86O19. The smallest absolute Gasteiger partial charge is 0.309 e. The van der Waals surface area contributed by atoms with E-state index in [1.54, 1.807) is 0 Å². The van der Waals surface area contributed by atoms with E-state index in [9.17, 15) is 59.7 Å². The SMILES string of the molecule is CCCCC[C@@H](O)C[C@H](CC(=O)O[C@H](CCCCC)C[C@H](O)CC(=O)O[C@H](CCCCC)C[C@H](CC(=O)O[C@H](CCCCC)C[C@@H](O)CC(=O)O)OC(C)=O)O[C@@H]1O[C@H](CO)[C@@H](O)[C@H](O)[C@@H]1O. The van der Waals surface area contributed by atoms with Gasteiger partial charge in [0.05, 0.1) is 56.7 Å². The molecule has 1 aliphatic heterocycles. The Hall–Kier alpha value is -3.01. The summed E-state index contributed by atoms with van der Waals surface area (Å²) in [5.74, 6) is -4.14. The van der Waals surface area contributed by atoms with Gasteiger partial charge in [-0.1, -0.05) is 85.5 Å². The zero-order valence-corrected chi connectivity index (χ0v) is 40.8. The van der Waals surface area contributed by atoms with Crippen LogP contribution in [0, 0.1) is 0 Å². The van der Waals surface area contributed by atoms with E-state index in [-0.39, 0.29) is 32.1 Å². The Balaban J connectivity index is 3.13. The molecule has 1 aliphatic rings. The van der Waals surface area contributed by atoms with Crippen LogP contribution in [-0.2, 0) is 52.4 Å². The van der Waals surface area contributed by atoms with Gasteiger partial charge >= 0.3 is 29.8 Å². The van der Waals surface area contributed by atoms with Crippen molar-refractivity contribution in [1.82, 2.24) is 0 Å². The molecule has 0 aliphatic carbocycles. The van der Waals surface area contributed by atoms with Crippen molar-refractivity contribution in [3.8, 4) is 0 Å². The van der Waals surface area contributed by atoms with Crippen molar-refractivity contribution in [2.45, 2.75) is 268 Å². The number of aliphatic hydroxyl groups excluding tert-OH is 7. The number of ether oxygens (including phenoxy) is 6. The highest BCUT2D eigenvalue weighted by Gasteiger charge is 2.45. The van der Waals surface area contributed by atoms with Gasteiger partial charge in [0.2, 0.25) is 0 Å². The summed E-state index contributed by atoms with van der Waals surface area (Å²) in [6.45, 7) is 8.48. The molecule has 13 atom stereocenters. The molecule has 0 saturated carbocycles. The Morgan fingerprint density at radius 1 is 0.493 bits per heavy atom. The van der Waals surface area contributed by atoms with Crippen LogP contribution >= 0.6 is 0 Å². The van der Waals surface area contributed by atoms with Crippen LogP contribution in [0.4, 0.5) is 0 Å². The Morgan fingerprint density at radius 3 is 1.36 bits per heavy atom. The number of unbranched alkanes of at least 4 members (excludes halogenated alkanes) is 8. The number of hydrogen-bond acceptors (Lipinski definition) is 18. The monoisotopic (exact) mass is 967 g/mol. The van der Waals surface area contributed by atoms with Gasteiger partial charge in [0.25, 0.3) is 0 Å². The fourth-order valence-corrected chi connectivity index (χ4v) is 8.09. The third-order valence-corrected chi connectivity index (χ3v) is 11.7. The van der Waals surface area contributed by atoms with Crippen LogP contribution in [0.1, 0.15) is 189 Å². The number of aliphatic hydroxyl groups is 7. The summed E-state index contributed by atoms with van der Waals surface area (Å²) in [6, 6.07) is 0. The van der Waals surface area contributed by atoms with Crippen LogP contribution in [0.25, 0.3) is 0 Å². The van der Waals surface area contributed by atoms with Crippen LogP contribution in [0.2, 0.25) is 0 Å². The summed E-state index contributed by atoms with van der Waals surface area (Å²) in [7, 11) is 0. The predicted octanol–water partition coefficient (Wildman–Crippen LogP) is 4.45. The quantitative estimate of drug-likeness (QED) is 0.0240. The number of hydrogen-bond donors (Lipinski definition) is 8. The molecule has 0 spiro atoms. The molecule has 0 aromatic heterocycles. The number of carboxylic acid groups (broad SMARTS) is 1. The van der Waals surface area contributed by atoms with Crippen LogP contribution < -0.4 is 0 Å². The van der Waals surface area contributed by atoms with E-state index in [1.165, 1.54) is 6.92 Å². The van der Waals surface area contributed by atoms with Crippen molar-refractivity contribution in [3.05, 3.63) is 0 Å². The second kappa shape index (κ2) is 36.0. The lowest BCUT2D eigenvalue weighted by atomic mass is 9.98. The van der Waals surface area contributed by atoms with E-state index in [4.69, 9.17) is 33.5 Å². The average Bonchev–Trinajstić information content (AvgIpc) is 3.23. The first kappa shape index (κ1) is 62.0. The number of carboxylic acids is 1. The van der Waals surface area contributed by atoms with Gasteiger partial charge in [-0.05, 0) is 44.9 Å². The van der Waals surface area contributed by atoms with Gasteiger partial charge < -0.3 is 69.3 Å². The molecule has 0 amide bonds. The molecule has 0 aromatic rings. The topological polar surface area (TPSA) is 303 Å². The Bertz CT molecular complexity index is 1360. The molecule has 0 radical (unpaired) electrons. The molecule has 8 N–H and O–H groups in total. The number of esters is 4. The molecule has 67 heavy (non-hydrogen) atoms. The fourth-order valence-electron chi connectivity index (χ4n) is 8.09. The highest BCUT2D eigenvalue weighted by atomic mass is 16.7. The van der Waals surface area contributed by atoms with Gasteiger partial charge in [-0.25, -0.2) is 0 Å². The van der Waals surface area contributed by atoms with Crippen LogP contribution in [-0.4, -0.2) is 157 Å². The Kier molecular flexibility index (Phi) is 33.3. The van der Waals surface area contributed by atoms with Crippen LogP contribution in [0.5, 0.6) is 0 Å². The molecule has 0 unspecified atom stereocenters. The van der Waals surface area contributed by atoms with Gasteiger partial charge in [-0.15, -0.1) is 0 Å². The first-order valence-corrected chi connectivity index (χ1v) is 24.8. The molecular weight excluding hydrogens is 881 g/mol. The maximum atomic E-state index is 13.5. The molecule has 0 aromatic carbocycles. The summed E-state index contributed by atoms with van der Waals surface area (Å²) < 4.78 is 34.2. The highest BCUT2D eigenvalue weighted by molar-refractivity contribution is 5.72. The van der Waals surface area contributed by atoms with Crippen molar-refractivity contribution in [2.24, 2.45) is 0 Å². The summed E-state index contributed by atoms with van der Waals surface area (Å²) in [6.07, 6.45) is -7.12. The van der Waals surface area contributed by atoms with Crippen LogP contribution in [0.3, 0.4) is 0 Å². The molecule has 1 heterocycles. The first-order valence-electron chi connectivity index (χ1n) is 24.8. The van der Waals surface area contributed by atoms with Gasteiger partial charge in [0.1, 0.15) is 48.8 Å². The van der Waals surface area contributed by atoms with E-state index < -0.39 is 135 Å². The number of carbonyl (C=O) groups excluding carboxylic acids is 4. The summed E-state index contributed by atoms with van der Waals surface area (Å²) in [5, 5.41) is 82.2. The third-order valence-electron chi connectivity index (χ3n) is 11.7. The van der Waals surface area contributed by atoms with Gasteiger partial charge in [0.15, 0.2) is 6.29 Å². The van der Waals surface area contributed by atoms with E-state index in [0.717, 1.165) is 51.4 Å². The van der Waals surface area contributed by atoms with E-state index in [2.05, 4.69) is 0 Å². The Morgan fingerprint density at radius 2 is 0.910 bits per heavy atom. The highest BCUT2D eigenvalue weighted by Crippen LogP contribution is 2.27. The van der Waals surface area contributed by atoms with Crippen molar-refractivity contribution >= 4 is 29.8 Å². The average molecular weight is 967 g/mol. The second-order valence-corrected chi connectivity index (χ2v) is 18.1. The van der Waals surface area contributed by atoms with Crippen molar-refractivity contribution < 1.29 is 93.2 Å². The lowest BCUT2D eigenvalue weighted by molar-refractivity contribution is -0.312. The van der Waals surface area contributed by atoms with Crippen LogP contribution in [0.15, 0.2) is 0 Å². The van der Waals surface area contributed by atoms with Crippen molar-refractivity contribution in [2.75, 3.05) is 6.61 Å². The lowest BCUT2D eigenvalue weighted by Crippen LogP contribution is -2.59. The fraction of sp³-hybridized carbons (Fsp3) is 0.896. The maximum Gasteiger partial charge on any atom is 0.309 e. The minimum Gasteiger partial charge on any atom is -0.481 e. The van der Waals surface area contributed by atoms with E-state index in [1.807, 2.05) is 27.7 Å². The summed E-state index contributed by atoms with van der Waals surface area (Å²) in [5.41, 5.74) is 0. The molecule has 1 rings (SSSR count). The largest absolute Gasteiger partial charge is 0.481 e. The minimum absolute atomic E-state index is 0.0563. The molecule has 0 bridgehead atoms. The summed E-state index contributed by atoms with van der Waals surface area (Å²) >= 11 is 0. The molecule has 19 nitrogen and oxygen atoms in total. The van der Waals surface area contributed by atoms with Gasteiger partial charge in [0, 0.05) is 32.6 Å². The number of aliphatic carboxylic acids is 1. The van der Waals surface area contributed by atoms with Gasteiger partial charge in [-0.3, -0.25) is 24.0 Å². The number of rotatable bonds is 39. The molecule has 1 fully saturated rings. The maximum absolute atomic E-state index is 13.5.